The smallest absolute Gasteiger partial charge is 0.313 e. The van der Waals surface area contributed by atoms with E-state index >= 15 is 0 Å². The molecule has 0 saturated carbocycles. The van der Waals surface area contributed by atoms with Gasteiger partial charge in [-0.25, -0.2) is 0 Å². The van der Waals surface area contributed by atoms with Gasteiger partial charge in [-0.2, -0.15) is 0 Å². The van der Waals surface area contributed by atoms with Crippen LogP contribution >= 0.6 is 0 Å². The Bertz CT molecular complexity index is 674. The van der Waals surface area contributed by atoms with Crippen LogP contribution in [0.2, 0.25) is 0 Å². The van der Waals surface area contributed by atoms with Gasteiger partial charge in [0, 0.05) is 5.92 Å². The molecule has 0 fully saturated rings. The van der Waals surface area contributed by atoms with E-state index in [2.05, 4.69) is 48.1 Å². The zero-order valence-electron chi connectivity index (χ0n) is 15.0. The van der Waals surface area contributed by atoms with Crippen molar-refractivity contribution in [2.75, 3.05) is 7.11 Å². The Labute approximate surface area is 150 Å². The lowest BCUT2D eigenvalue weighted by molar-refractivity contribution is -0.144. The quantitative estimate of drug-likeness (QED) is 0.485. The van der Waals surface area contributed by atoms with E-state index in [1.165, 1.54) is 23.8 Å². The Kier molecular flexibility index (Phi) is 7.39. The van der Waals surface area contributed by atoms with Gasteiger partial charge in [0.25, 0.3) is 0 Å². The number of Topliss-reactive ketones (excluding diaryl/α,β-unsaturated/α-hetero) is 1. The second-order valence-corrected chi connectivity index (χ2v) is 6.31. The van der Waals surface area contributed by atoms with E-state index in [1.54, 1.807) is 0 Å². The monoisotopic (exact) mass is 338 g/mol. The highest BCUT2D eigenvalue weighted by atomic mass is 16.5. The molecule has 0 N–H and O–H groups in total. The molecule has 0 aromatic heterocycles. The van der Waals surface area contributed by atoms with Crippen molar-refractivity contribution in [1.29, 1.82) is 0 Å². The lowest BCUT2D eigenvalue weighted by Crippen LogP contribution is -2.19. The number of carbonyl (C=O) groups is 2. The first-order valence-electron chi connectivity index (χ1n) is 8.88. The van der Waals surface area contributed by atoms with Crippen LogP contribution in [-0.2, 0) is 20.7 Å². The number of ketones is 1. The van der Waals surface area contributed by atoms with Gasteiger partial charge in [0.05, 0.1) is 7.11 Å². The van der Waals surface area contributed by atoms with E-state index in [1.807, 2.05) is 18.2 Å². The zero-order chi connectivity index (χ0) is 18.1. The van der Waals surface area contributed by atoms with E-state index < -0.39 is 5.97 Å². The Balaban J connectivity index is 1.95. The molecular weight excluding hydrogens is 312 g/mol. The summed E-state index contributed by atoms with van der Waals surface area (Å²) in [4.78, 5) is 23.6. The van der Waals surface area contributed by atoms with Gasteiger partial charge in [0.15, 0.2) is 0 Å². The van der Waals surface area contributed by atoms with Gasteiger partial charge in [0.2, 0.25) is 0 Å². The second-order valence-electron chi connectivity index (χ2n) is 6.31. The minimum atomic E-state index is -0.446. The number of hydrogen-bond acceptors (Lipinski definition) is 3. The topological polar surface area (TPSA) is 43.4 Å². The van der Waals surface area contributed by atoms with E-state index in [-0.39, 0.29) is 18.1 Å². The van der Waals surface area contributed by atoms with Crippen molar-refractivity contribution in [3.63, 3.8) is 0 Å². The first-order chi connectivity index (χ1) is 12.1. The summed E-state index contributed by atoms with van der Waals surface area (Å²) in [5.41, 5.74) is 3.61. The number of carbonyl (C=O) groups excluding carboxylic acids is 2. The molecular formula is C22H26O3. The van der Waals surface area contributed by atoms with E-state index in [0.29, 0.717) is 0 Å². The highest BCUT2D eigenvalue weighted by Gasteiger charge is 2.20. The molecule has 0 aliphatic heterocycles. The molecule has 0 amide bonds. The largest absolute Gasteiger partial charge is 0.469 e. The van der Waals surface area contributed by atoms with Crippen molar-refractivity contribution < 1.29 is 14.3 Å². The van der Waals surface area contributed by atoms with Gasteiger partial charge in [-0.05, 0) is 36.0 Å². The Hall–Kier alpha value is -2.42. The van der Waals surface area contributed by atoms with E-state index in [0.717, 1.165) is 25.7 Å². The molecule has 0 spiro atoms. The molecule has 0 aliphatic carbocycles. The summed E-state index contributed by atoms with van der Waals surface area (Å²) in [6.07, 6.45) is 3.25. The Morgan fingerprint density at radius 3 is 2.16 bits per heavy atom. The van der Waals surface area contributed by atoms with Crippen molar-refractivity contribution in [2.45, 2.75) is 39.0 Å². The molecule has 0 heterocycles. The molecule has 132 valence electrons. The molecule has 3 nitrogen and oxygen atoms in total. The summed E-state index contributed by atoms with van der Waals surface area (Å²) in [6, 6.07) is 18.8. The van der Waals surface area contributed by atoms with Crippen molar-refractivity contribution >= 4 is 11.8 Å². The van der Waals surface area contributed by atoms with Crippen molar-refractivity contribution in [2.24, 2.45) is 5.92 Å². The number of aryl methyl sites for hydroxylation is 1. The van der Waals surface area contributed by atoms with Crippen molar-refractivity contribution in [1.82, 2.24) is 0 Å². The van der Waals surface area contributed by atoms with Crippen molar-refractivity contribution in [3.05, 3.63) is 60.2 Å². The SMILES string of the molecule is CCCC(CCc1ccc(-c2ccccc2)cc1)C(=O)CC(=O)OC. The van der Waals surface area contributed by atoms with Crippen LogP contribution in [-0.4, -0.2) is 18.9 Å². The average molecular weight is 338 g/mol. The fourth-order valence-corrected chi connectivity index (χ4v) is 3.01. The number of benzene rings is 2. The molecule has 0 aliphatic rings. The summed E-state index contributed by atoms with van der Waals surface area (Å²) in [7, 11) is 1.32. The van der Waals surface area contributed by atoms with Crippen LogP contribution in [0.3, 0.4) is 0 Å². The number of esters is 1. The van der Waals surface area contributed by atoms with Crippen LogP contribution in [0.1, 0.15) is 38.2 Å². The molecule has 1 unspecified atom stereocenters. The van der Waals surface area contributed by atoms with Crippen LogP contribution in [0, 0.1) is 5.92 Å². The fraction of sp³-hybridized carbons (Fsp3) is 0.364. The third-order valence-electron chi connectivity index (χ3n) is 4.48. The van der Waals surface area contributed by atoms with Gasteiger partial charge in [0.1, 0.15) is 12.2 Å². The maximum Gasteiger partial charge on any atom is 0.313 e. The number of rotatable bonds is 9. The van der Waals surface area contributed by atoms with E-state index in [9.17, 15) is 9.59 Å². The Morgan fingerprint density at radius 1 is 0.920 bits per heavy atom. The highest BCUT2D eigenvalue weighted by Crippen LogP contribution is 2.22. The maximum absolute atomic E-state index is 12.3. The first kappa shape index (κ1) is 18.9. The average Bonchev–Trinajstić information content (AvgIpc) is 2.66. The Morgan fingerprint density at radius 2 is 1.56 bits per heavy atom. The molecule has 0 bridgehead atoms. The first-order valence-corrected chi connectivity index (χ1v) is 8.88. The van der Waals surface area contributed by atoms with Crippen LogP contribution in [0.4, 0.5) is 0 Å². The standard InChI is InChI=1S/C22H26O3/c1-3-7-20(21(23)16-22(24)25-2)15-12-17-10-13-19(14-11-17)18-8-5-4-6-9-18/h4-6,8-11,13-14,20H,3,7,12,15-16H2,1-2H3. The van der Waals surface area contributed by atoms with Crippen molar-refractivity contribution in [3.8, 4) is 11.1 Å². The zero-order valence-corrected chi connectivity index (χ0v) is 15.0. The summed E-state index contributed by atoms with van der Waals surface area (Å²) >= 11 is 0. The minimum absolute atomic E-state index is 0.00499. The molecule has 0 saturated heterocycles. The van der Waals surface area contributed by atoms with Crippen LogP contribution < -0.4 is 0 Å². The number of hydrogen-bond donors (Lipinski definition) is 0. The highest BCUT2D eigenvalue weighted by molar-refractivity contribution is 5.96. The van der Waals surface area contributed by atoms with Crippen LogP contribution in [0.5, 0.6) is 0 Å². The summed E-state index contributed by atoms with van der Waals surface area (Å²) < 4.78 is 4.61. The van der Waals surface area contributed by atoms with E-state index in [4.69, 9.17) is 0 Å². The van der Waals surface area contributed by atoms with Gasteiger partial charge in [-0.15, -0.1) is 0 Å². The lowest BCUT2D eigenvalue weighted by Gasteiger charge is -2.14. The fourth-order valence-electron chi connectivity index (χ4n) is 3.01. The molecule has 3 heteroatoms. The minimum Gasteiger partial charge on any atom is -0.469 e. The number of methoxy groups -OCH3 is 1. The summed E-state index contributed by atoms with van der Waals surface area (Å²) in [5.74, 6) is -0.522. The van der Waals surface area contributed by atoms with Crippen LogP contribution in [0.15, 0.2) is 54.6 Å². The summed E-state index contributed by atoms with van der Waals surface area (Å²) in [6.45, 7) is 2.06. The molecule has 2 aromatic rings. The normalized spacial score (nSPS) is 11.8. The summed E-state index contributed by atoms with van der Waals surface area (Å²) in [5, 5.41) is 0. The van der Waals surface area contributed by atoms with Gasteiger partial charge < -0.3 is 4.74 Å². The molecule has 0 radical (unpaired) electrons. The van der Waals surface area contributed by atoms with Gasteiger partial charge >= 0.3 is 5.97 Å². The third kappa shape index (κ3) is 5.86. The van der Waals surface area contributed by atoms with Gasteiger partial charge in [-0.3, -0.25) is 9.59 Å². The molecule has 2 rings (SSSR count). The molecule has 25 heavy (non-hydrogen) atoms. The van der Waals surface area contributed by atoms with Gasteiger partial charge in [-0.1, -0.05) is 67.9 Å². The lowest BCUT2D eigenvalue weighted by atomic mass is 9.90. The molecule has 2 aromatic carbocycles. The third-order valence-corrected chi connectivity index (χ3v) is 4.48. The second kappa shape index (κ2) is 9.77. The van der Waals surface area contributed by atoms with Crippen LogP contribution in [0.25, 0.3) is 11.1 Å². The predicted molar refractivity (Wildman–Crippen MR) is 100 cm³/mol. The molecule has 1 atom stereocenters. The predicted octanol–water partition coefficient (Wildman–Crippen LogP) is 4.83. The maximum atomic E-state index is 12.3. The number of ether oxygens (including phenoxy) is 1.